The Morgan fingerprint density at radius 3 is 2.43 bits per heavy atom. The summed E-state index contributed by atoms with van der Waals surface area (Å²) in [5, 5.41) is 3.78. The van der Waals surface area contributed by atoms with Crippen LogP contribution in [0.5, 0.6) is 0 Å². The Labute approximate surface area is 133 Å². The van der Waals surface area contributed by atoms with Crippen LogP contribution < -0.4 is 5.32 Å². The Hall–Kier alpha value is -0.0800. The van der Waals surface area contributed by atoms with Gasteiger partial charge in [0.15, 0.2) is 0 Å². The normalized spacial score (nSPS) is 34.4. The maximum absolute atomic E-state index is 3.78. The number of hydrogen-bond donors (Lipinski definition) is 1. The summed E-state index contributed by atoms with van der Waals surface area (Å²) in [5.74, 6) is 2.89. The standard InChI is InChI=1S/C19H38N2/c1-4-7-16-9-10-19(20-6-3)18(13-16)15-21-12-11-17(14-21)8-5-2/h16-20H,4-15H2,1-3H3. The van der Waals surface area contributed by atoms with Crippen LogP contribution in [0.1, 0.15) is 72.1 Å². The van der Waals surface area contributed by atoms with Crippen LogP contribution in [0.15, 0.2) is 0 Å². The first-order chi connectivity index (χ1) is 10.3. The molecule has 2 rings (SSSR count). The fourth-order valence-corrected chi connectivity index (χ4v) is 4.82. The zero-order valence-electron chi connectivity index (χ0n) is 14.7. The molecule has 0 aromatic carbocycles. The fraction of sp³-hybridized carbons (Fsp3) is 1.00. The SMILES string of the molecule is CCCC1CCC(NCC)C(CN2CCC(CCC)C2)C1. The van der Waals surface area contributed by atoms with Gasteiger partial charge in [-0.2, -0.15) is 0 Å². The molecule has 1 saturated carbocycles. The highest BCUT2D eigenvalue weighted by Crippen LogP contribution is 2.34. The molecule has 2 aliphatic rings. The van der Waals surface area contributed by atoms with Crippen molar-refractivity contribution in [1.82, 2.24) is 10.2 Å². The molecule has 1 saturated heterocycles. The predicted molar refractivity (Wildman–Crippen MR) is 92.7 cm³/mol. The highest BCUT2D eigenvalue weighted by atomic mass is 15.2. The van der Waals surface area contributed by atoms with Crippen molar-refractivity contribution in [3.05, 3.63) is 0 Å². The van der Waals surface area contributed by atoms with E-state index in [0.29, 0.717) is 0 Å². The summed E-state index contributed by atoms with van der Waals surface area (Å²) in [7, 11) is 0. The molecule has 4 unspecified atom stereocenters. The van der Waals surface area contributed by atoms with Crippen LogP contribution in [0, 0.1) is 17.8 Å². The van der Waals surface area contributed by atoms with Gasteiger partial charge in [0.1, 0.15) is 0 Å². The van der Waals surface area contributed by atoms with Crippen molar-refractivity contribution >= 4 is 0 Å². The van der Waals surface area contributed by atoms with Crippen LogP contribution in [-0.2, 0) is 0 Å². The van der Waals surface area contributed by atoms with Crippen molar-refractivity contribution in [3.63, 3.8) is 0 Å². The largest absolute Gasteiger partial charge is 0.314 e. The van der Waals surface area contributed by atoms with E-state index in [1.165, 1.54) is 71.0 Å². The van der Waals surface area contributed by atoms with E-state index in [0.717, 1.165) is 30.3 Å². The maximum Gasteiger partial charge on any atom is 0.0108 e. The average Bonchev–Trinajstić information content (AvgIpc) is 2.90. The minimum Gasteiger partial charge on any atom is -0.314 e. The zero-order valence-corrected chi connectivity index (χ0v) is 14.7. The molecule has 124 valence electrons. The quantitative estimate of drug-likeness (QED) is 0.718. The van der Waals surface area contributed by atoms with Crippen LogP contribution in [0.3, 0.4) is 0 Å². The summed E-state index contributed by atoms with van der Waals surface area (Å²) in [4.78, 5) is 2.78. The number of nitrogens with zero attached hydrogens (tertiary/aromatic N) is 1. The van der Waals surface area contributed by atoms with E-state index >= 15 is 0 Å². The van der Waals surface area contributed by atoms with Gasteiger partial charge >= 0.3 is 0 Å². The van der Waals surface area contributed by atoms with E-state index in [1.54, 1.807) is 0 Å². The van der Waals surface area contributed by atoms with Gasteiger partial charge in [-0.05, 0) is 62.9 Å². The Kier molecular flexibility index (Phi) is 7.53. The van der Waals surface area contributed by atoms with Crippen molar-refractivity contribution in [1.29, 1.82) is 0 Å². The van der Waals surface area contributed by atoms with E-state index in [1.807, 2.05) is 0 Å². The third kappa shape index (κ3) is 5.25. The minimum atomic E-state index is 0.785. The first-order valence-electron chi connectivity index (χ1n) is 9.72. The van der Waals surface area contributed by atoms with Crippen molar-refractivity contribution in [2.24, 2.45) is 17.8 Å². The smallest absolute Gasteiger partial charge is 0.0108 e. The van der Waals surface area contributed by atoms with E-state index in [4.69, 9.17) is 0 Å². The molecule has 0 aromatic rings. The highest BCUT2D eigenvalue weighted by molar-refractivity contribution is 4.88. The van der Waals surface area contributed by atoms with Crippen molar-refractivity contribution in [2.75, 3.05) is 26.2 Å². The monoisotopic (exact) mass is 294 g/mol. The molecule has 0 radical (unpaired) electrons. The Morgan fingerprint density at radius 1 is 0.952 bits per heavy atom. The number of rotatable bonds is 8. The lowest BCUT2D eigenvalue weighted by atomic mass is 9.76. The second kappa shape index (κ2) is 9.15. The highest BCUT2D eigenvalue weighted by Gasteiger charge is 2.32. The first kappa shape index (κ1) is 17.3. The molecule has 2 fully saturated rings. The molecule has 2 heteroatoms. The molecule has 0 spiro atoms. The molecule has 21 heavy (non-hydrogen) atoms. The van der Waals surface area contributed by atoms with Crippen LogP contribution in [0.4, 0.5) is 0 Å². The van der Waals surface area contributed by atoms with Gasteiger partial charge in [-0.1, -0.05) is 40.0 Å². The predicted octanol–water partition coefficient (Wildman–Crippen LogP) is 4.30. The molecule has 2 nitrogen and oxygen atoms in total. The molecule has 1 N–H and O–H groups in total. The van der Waals surface area contributed by atoms with E-state index in [9.17, 15) is 0 Å². The number of likely N-dealkylation sites (tertiary alicyclic amines) is 1. The van der Waals surface area contributed by atoms with E-state index in [2.05, 4.69) is 31.0 Å². The summed E-state index contributed by atoms with van der Waals surface area (Å²) in [5.41, 5.74) is 0. The van der Waals surface area contributed by atoms with Crippen molar-refractivity contribution in [2.45, 2.75) is 78.2 Å². The molecule has 1 aliphatic heterocycles. The summed E-state index contributed by atoms with van der Waals surface area (Å²) in [6.45, 7) is 12.2. The fourth-order valence-electron chi connectivity index (χ4n) is 4.82. The van der Waals surface area contributed by atoms with Crippen LogP contribution in [-0.4, -0.2) is 37.1 Å². The lowest BCUT2D eigenvalue weighted by molar-refractivity contribution is 0.147. The summed E-state index contributed by atoms with van der Waals surface area (Å²) >= 11 is 0. The van der Waals surface area contributed by atoms with Crippen LogP contribution in [0.25, 0.3) is 0 Å². The summed E-state index contributed by atoms with van der Waals surface area (Å²) in [6, 6.07) is 0.785. The summed E-state index contributed by atoms with van der Waals surface area (Å²) in [6.07, 6.45) is 11.4. The molecular formula is C19H38N2. The van der Waals surface area contributed by atoms with E-state index < -0.39 is 0 Å². The molecule has 1 heterocycles. The number of hydrogen-bond acceptors (Lipinski definition) is 2. The van der Waals surface area contributed by atoms with Gasteiger partial charge in [0, 0.05) is 19.1 Å². The van der Waals surface area contributed by atoms with Gasteiger partial charge in [0.2, 0.25) is 0 Å². The van der Waals surface area contributed by atoms with Gasteiger partial charge < -0.3 is 10.2 Å². The second-order valence-corrected chi connectivity index (χ2v) is 7.59. The maximum atomic E-state index is 3.78. The van der Waals surface area contributed by atoms with Gasteiger partial charge in [0.25, 0.3) is 0 Å². The Balaban J connectivity index is 1.84. The summed E-state index contributed by atoms with van der Waals surface area (Å²) < 4.78 is 0. The molecule has 0 amide bonds. The van der Waals surface area contributed by atoms with Crippen LogP contribution in [0.2, 0.25) is 0 Å². The average molecular weight is 295 g/mol. The molecule has 4 atom stereocenters. The van der Waals surface area contributed by atoms with Crippen LogP contribution >= 0.6 is 0 Å². The second-order valence-electron chi connectivity index (χ2n) is 7.59. The molecule has 1 aliphatic carbocycles. The topological polar surface area (TPSA) is 15.3 Å². The van der Waals surface area contributed by atoms with Gasteiger partial charge in [-0.15, -0.1) is 0 Å². The Bertz CT molecular complexity index is 279. The molecule has 0 bridgehead atoms. The third-order valence-corrected chi connectivity index (χ3v) is 5.81. The zero-order chi connectivity index (χ0) is 15.1. The lowest BCUT2D eigenvalue weighted by Gasteiger charge is -2.38. The molecule has 0 aromatic heterocycles. The van der Waals surface area contributed by atoms with Gasteiger partial charge in [-0.25, -0.2) is 0 Å². The third-order valence-electron chi connectivity index (χ3n) is 5.81. The first-order valence-corrected chi connectivity index (χ1v) is 9.72. The van der Waals surface area contributed by atoms with Crippen molar-refractivity contribution < 1.29 is 0 Å². The minimum absolute atomic E-state index is 0.785. The number of nitrogens with one attached hydrogen (secondary N) is 1. The Morgan fingerprint density at radius 2 is 1.71 bits per heavy atom. The van der Waals surface area contributed by atoms with Gasteiger partial charge in [-0.3, -0.25) is 0 Å². The van der Waals surface area contributed by atoms with Crippen molar-refractivity contribution in [3.8, 4) is 0 Å². The van der Waals surface area contributed by atoms with Gasteiger partial charge in [0.05, 0.1) is 0 Å². The van der Waals surface area contributed by atoms with E-state index in [-0.39, 0.29) is 0 Å². The lowest BCUT2D eigenvalue weighted by Crippen LogP contribution is -2.45. The molecular weight excluding hydrogens is 256 g/mol.